The first kappa shape index (κ1) is 22.1. The molecule has 1 aromatic rings. The van der Waals surface area contributed by atoms with Crippen molar-refractivity contribution < 1.29 is 23.9 Å². The lowest BCUT2D eigenvalue weighted by molar-refractivity contribution is -0.120. The van der Waals surface area contributed by atoms with Crippen LogP contribution in [0.1, 0.15) is 42.6 Å². The second kappa shape index (κ2) is 9.04. The van der Waals surface area contributed by atoms with E-state index in [1.807, 2.05) is 32.9 Å². The summed E-state index contributed by atoms with van der Waals surface area (Å²) in [5.74, 6) is -0.249. The van der Waals surface area contributed by atoms with Crippen LogP contribution in [0.3, 0.4) is 0 Å². The second-order valence-electron chi connectivity index (χ2n) is 8.82. The summed E-state index contributed by atoms with van der Waals surface area (Å²) >= 11 is 0. The lowest BCUT2D eigenvalue weighted by atomic mass is 9.88. The van der Waals surface area contributed by atoms with Crippen molar-refractivity contribution in [2.24, 2.45) is 5.92 Å². The van der Waals surface area contributed by atoms with Crippen molar-refractivity contribution in [3.05, 3.63) is 35.4 Å². The quantitative estimate of drug-likeness (QED) is 0.808. The van der Waals surface area contributed by atoms with Crippen molar-refractivity contribution in [2.45, 2.75) is 32.3 Å². The van der Waals surface area contributed by atoms with Crippen molar-refractivity contribution in [2.75, 3.05) is 46.4 Å². The molecule has 164 valence electrons. The van der Waals surface area contributed by atoms with Crippen LogP contribution < -0.4 is 5.32 Å². The van der Waals surface area contributed by atoms with Gasteiger partial charge >= 0.3 is 6.09 Å². The summed E-state index contributed by atoms with van der Waals surface area (Å²) in [6.45, 7) is 8.41. The molecule has 0 radical (unpaired) electrons. The highest BCUT2D eigenvalue weighted by Crippen LogP contribution is 2.29. The van der Waals surface area contributed by atoms with Crippen LogP contribution in [0.2, 0.25) is 0 Å². The number of methoxy groups -OCH3 is 1. The van der Waals surface area contributed by atoms with Crippen LogP contribution in [0.5, 0.6) is 0 Å². The fourth-order valence-corrected chi connectivity index (χ4v) is 3.90. The Morgan fingerprint density at radius 1 is 1.07 bits per heavy atom. The molecule has 0 aromatic heterocycles. The fourth-order valence-electron chi connectivity index (χ4n) is 3.90. The Bertz CT molecular complexity index is 779. The molecule has 0 spiro atoms. The molecule has 2 aliphatic rings. The van der Waals surface area contributed by atoms with Crippen LogP contribution in [0.25, 0.3) is 0 Å². The summed E-state index contributed by atoms with van der Waals surface area (Å²) in [5, 5.41) is 2.88. The highest BCUT2D eigenvalue weighted by atomic mass is 16.6. The van der Waals surface area contributed by atoms with Gasteiger partial charge in [0.1, 0.15) is 5.60 Å². The number of hydrogen-bond acceptors (Lipinski definition) is 5. The van der Waals surface area contributed by atoms with Crippen LogP contribution in [0.4, 0.5) is 4.79 Å². The van der Waals surface area contributed by atoms with Gasteiger partial charge in [0, 0.05) is 51.3 Å². The Morgan fingerprint density at radius 2 is 1.67 bits per heavy atom. The van der Waals surface area contributed by atoms with Crippen LogP contribution >= 0.6 is 0 Å². The lowest BCUT2D eigenvalue weighted by Gasteiger charge is -2.35. The fraction of sp³-hybridized carbons (Fsp3) is 0.591. The molecular formula is C22H31N3O5. The Balaban J connectivity index is 1.59. The summed E-state index contributed by atoms with van der Waals surface area (Å²) in [6.07, 6.45) is -0.348. The highest BCUT2D eigenvalue weighted by molar-refractivity contribution is 5.94. The molecule has 2 saturated heterocycles. The average molecular weight is 418 g/mol. The molecule has 8 heteroatoms. The first-order chi connectivity index (χ1) is 14.2. The maximum Gasteiger partial charge on any atom is 0.410 e. The maximum absolute atomic E-state index is 12.9. The largest absolute Gasteiger partial charge is 0.444 e. The molecule has 1 N–H and O–H groups in total. The van der Waals surface area contributed by atoms with Gasteiger partial charge in [-0.05, 0) is 38.5 Å². The smallest absolute Gasteiger partial charge is 0.410 e. The van der Waals surface area contributed by atoms with Crippen LogP contribution in [-0.2, 0) is 14.3 Å². The number of nitrogens with zero attached hydrogens (tertiary/aromatic N) is 2. The van der Waals surface area contributed by atoms with Gasteiger partial charge in [-0.15, -0.1) is 0 Å². The van der Waals surface area contributed by atoms with Crippen molar-refractivity contribution in [1.29, 1.82) is 0 Å². The van der Waals surface area contributed by atoms with E-state index in [-0.39, 0.29) is 29.7 Å². The Morgan fingerprint density at radius 3 is 2.23 bits per heavy atom. The summed E-state index contributed by atoms with van der Waals surface area (Å²) < 4.78 is 10.6. The van der Waals surface area contributed by atoms with E-state index < -0.39 is 5.60 Å². The molecular weight excluding hydrogens is 386 g/mol. The number of benzene rings is 1. The summed E-state index contributed by atoms with van der Waals surface area (Å²) in [7, 11) is 1.63. The van der Waals surface area contributed by atoms with E-state index in [9.17, 15) is 14.4 Å². The SMILES string of the molecule is COCC1CNC(=O)[C@H]1c1ccc(C(=O)N2CCN(C(=O)OC(C)(C)C)CC2)cc1. The molecule has 3 amide bonds. The molecule has 1 aromatic carbocycles. The number of carbonyl (C=O) groups excluding carboxylic acids is 3. The molecule has 2 aliphatic heterocycles. The van der Waals surface area contributed by atoms with E-state index in [2.05, 4.69) is 5.32 Å². The van der Waals surface area contributed by atoms with Gasteiger partial charge in [0.25, 0.3) is 5.91 Å². The molecule has 30 heavy (non-hydrogen) atoms. The van der Waals surface area contributed by atoms with E-state index >= 15 is 0 Å². The zero-order chi connectivity index (χ0) is 21.9. The van der Waals surface area contributed by atoms with E-state index in [4.69, 9.17) is 9.47 Å². The number of rotatable bonds is 4. The molecule has 1 unspecified atom stereocenters. The van der Waals surface area contributed by atoms with Gasteiger partial charge in [0.15, 0.2) is 0 Å². The summed E-state index contributed by atoms with van der Waals surface area (Å²) in [4.78, 5) is 40.6. The minimum Gasteiger partial charge on any atom is -0.444 e. The molecule has 2 heterocycles. The molecule has 0 bridgehead atoms. The zero-order valence-electron chi connectivity index (χ0n) is 18.1. The van der Waals surface area contributed by atoms with Gasteiger partial charge < -0.3 is 24.6 Å². The van der Waals surface area contributed by atoms with Gasteiger partial charge in [0.05, 0.1) is 12.5 Å². The third kappa shape index (κ3) is 5.11. The third-order valence-corrected chi connectivity index (χ3v) is 5.41. The minimum absolute atomic E-state index is 0.00519. The van der Waals surface area contributed by atoms with Gasteiger partial charge in [-0.1, -0.05) is 12.1 Å². The third-order valence-electron chi connectivity index (χ3n) is 5.41. The summed E-state index contributed by atoms with van der Waals surface area (Å²) in [6, 6.07) is 7.24. The molecule has 0 aliphatic carbocycles. The standard InChI is InChI=1S/C22H31N3O5/c1-22(2,3)30-21(28)25-11-9-24(10-12-25)20(27)16-7-5-15(6-8-16)18-17(14-29-4)13-23-19(18)26/h5-8,17-18H,9-14H2,1-4H3,(H,23,26)/t17?,18-/m0/s1. The Labute approximate surface area is 177 Å². The van der Waals surface area contributed by atoms with E-state index in [1.54, 1.807) is 29.0 Å². The first-order valence-corrected chi connectivity index (χ1v) is 10.3. The number of nitrogens with one attached hydrogen (secondary N) is 1. The van der Waals surface area contributed by atoms with Crippen molar-refractivity contribution >= 4 is 17.9 Å². The van der Waals surface area contributed by atoms with E-state index in [0.717, 1.165) is 5.56 Å². The van der Waals surface area contributed by atoms with Crippen LogP contribution in [-0.4, -0.2) is 79.7 Å². The molecule has 8 nitrogen and oxygen atoms in total. The Hall–Kier alpha value is -2.61. The number of amides is 3. The van der Waals surface area contributed by atoms with Crippen molar-refractivity contribution in [3.63, 3.8) is 0 Å². The molecule has 2 fully saturated rings. The van der Waals surface area contributed by atoms with Crippen molar-refractivity contribution in [3.8, 4) is 0 Å². The van der Waals surface area contributed by atoms with Gasteiger partial charge in [-0.25, -0.2) is 4.79 Å². The molecule has 3 rings (SSSR count). The number of hydrogen-bond donors (Lipinski definition) is 1. The van der Waals surface area contributed by atoms with Gasteiger partial charge in [-0.2, -0.15) is 0 Å². The zero-order valence-corrected chi connectivity index (χ0v) is 18.1. The van der Waals surface area contributed by atoms with Crippen LogP contribution in [0, 0.1) is 5.92 Å². The lowest BCUT2D eigenvalue weighted by Crippen LogP contribution is -2.51. The van der Waals surface area contributed by atoms with Gasteiger partial charge in [-0.3, -0.25) is 9.59 Å². The second-order valence-corrected chi connectivity index (χ2v) is 8.82. The average Bonchev–Trinajstić information content (AvgIpc) is 3.07. The minimum atomic E-state index is -0.537. The topological polar surface area (TPSA) is 88.2 Å². The van der Waals surface area contributed by atoms with E-state index in [0.29, 0.717) is 44.9 Å². The molecule has 0 saturated carbocycles. The number of piperazine rings is 1. The first-order valence-electron chi connectivity index (χ1n) is 10.3. The highest BCUT2D eigenvalue weighted by Gasteiger charge is 2.36. The van der Waals surface area contributed by atoms with E-state index in [1.165, 1.54) is 0 Å². The number of ether oxygens (including phenoxy) is 2. The van der Waals surface area contributed by atoms with Crippen molar-refractivity contribution in [1.82, 2.24) is 15.1 Å². The molecule has 2 atom stereocenters. The Kier molecular flexibility index (Phi) is 6.65. The van der Waals surface area contributed by atoms with Gasteiger partial charge in [0.2, 0.25) is 5.91 Å². The predicted octanol–water partition coefficient (Wildman–Crippen LogP) is 1.86. The predicted molar refractivity (Wildman–Crippen MR) is 111 cm³/mol. The maximum atomic E-state index is 12.9. The summed E-state index contributed by atoms with van der Waals surface area (Å²) in [5.41, 5.74) is 0.925. The van der Waals surface area contributed by atoms with Crippen LogP contribution in [0.15, 0.2) is 24.3 Å². The normalized spacial score (nSPS) is 22.1. The number of carbonyl (C=O) groups is 3. The monoisotopic (exact) mass is 417 g/mol.